The predicted octanol–water partition coefficient (Wildman–Crippen LogP) is 3.81. The second-order valence-electron chi connectivity index (χ2n) is 3.72. The lowest BCUT2D eigenvalue weighted by Crippen LogP contribution is -1.81. The average Bonchev–Trinajstić information content (AvgIpc) is 2.25. The molecule has 1 nitrogen and oxygen atoms in total. The first kappa shape index (κ1) is 11.3. The van der Waals surface area contributed by atoms with Crippen LogP contribution in [0.3, 0.4) is 0 Å². The van der Waals surface area contributed by atoms with Crippen molar-refractivity contribution in [2.45, 2.75) is 13.8 Å². The maximum Gasteiger partial charge on any atom is 0.0988 e. The van der Waals surface area contributed by atoms with Crippen molar-refractivity contribution < 1.29 is 0 Å². The first-order valence-corrected chi connectivity index (χ1v) is 5.07. The number of rotatable bonds is 3. The van der Waals surface area contributed by atoms with Gasteiger partial charge in [0, 0.05) is 5.57 Å². The molecule has 0 bridgehead atoms. The highest BCUT2D eigenvalue weighted by atomic mass is 14.2. The fraction of sp³-hybridized carbons (Fsp3) is 0.214. The molecule has 0 aliphatic carbocycles. The van der Waals surface area contributed by atoms with E-state index in [4.69, 9.17) is 5.26 Å². The van der Waals surface area contributed by atoms with Gasteiger partial charge in [-0.3, -0.25) is 0 Å². The van der Waals surface area contributed by atoms with Crippen LogP contribution in [0.15, 0.2) is 48.1 Å². The maximum atomic E-state index is 8.88. The Hall–Kier alpha value is -1.81. The molecule has 76 valence electrons. The minimum atomic E-state index is 0.403. The summed E-state index contributed by atoms with van der Waals surface area (Å²) in [5, 5.41) is 8.88. The molecule has 0 spiro atoms. The molecule has 0 fully saturated rings. The van der Waals surface area contributed by atoms with Gasteiger partial charge in [0.15, 0.2) is 0 Å². The van der Waals surface area contributed by atoms with Gasteiger partial charge < -0.3 is 0 Å². The lowest BCUT2D eigenvalue weighted by atomic mass is 10.1. The van der Waals surface area contributed by atoms with Gasteiger partial charge in [0.05, 0.1) is 6.07 Å². The minimum absolute atomic E-state index is 0.403. The molecule has 0 heterocycles. The zero-order valence-corrected chi connectivity index (χ0v) is 9.14. The zero-order valence-electron chi connectivity index (χ0n) is 9.14. The summed E-state index contributed by atoms with van der Waals surface area (Å²) in [6.45, 7) is 4.13. The van der Waals surface area contributed by atoms with Crippen molar-refractivity contribution >= 4 is 6.08 Å². The molecule has 1 aromatic carbocycles. The standard InChI is InChI=1S/C14H15N/c1-12(2)10-14(11-15)9-8-13-6-4-3-5-7-13/h3-10,12H,1-2H3/b9-8+,14-10-. The maximum absolute atomic E-state index is 8.88. The van der Waals surface area contributed by atoms with Crippen molar-refractivity contribution in [3.63, 3.8) is 0 Å². The van der Waals surface area contributed by atoms with E-state index in [9.17, 15) is 0 Å². The van der Waals surface area contributed by atoms with Crippen molar-refractivity contribution in [2.75, 3.05) is 0 Å². The monoisotopic (exact) mass is 197 g/mol. The third kappa shape index (κ3) is 4.28. The van der Waals surface area contributed by atoms with E-state index in [1.54, 1.807) is 0 Å². The molecular formula is C14H15N. The predicted molar refractivity (Wildman–Crippen MR) is 64.0 cm³/mol. The molecule has 1 rings (SSSR count). The highest BCUT2D eigenvalue weighted by molar-refractivity contribution is 5.55. The van der Waals surface area contributed by atoms with Gasteiger partial charge in [-0.1, -0.05) is 56.3 Å². The van der Waals surface area contributed by atoms with E-state index in [1.165, 1.54) is 0 Å². The Morgan fingerprint density at radius 2 is 1.93 bits per heavy atom. The largest absolute Gasteiger partial charge is 0.192 e. The van der Waals surface area contributed by atoms with Crippen LogP contribution in [0.5, 0.6) is 0 Å². The van der Waals surface area contributed by atoms with Crippen LogP contribution in [0.25, 0.3) is 6.08 Å². The first-order chi connectivity index (χ1) is 7.22. The smallest absolute Gasteiger partial charge is 0.0988 e. The number of hydrogen-bond donors (Lipinski definition) is 0. The summed E-state index contributed by atoms with van der Waals surface area (Å²) < 4.78 is 0. The number of nitriles is 1. The number of nitrogens with zero attached hydrogens (tertiary/aromatic N) is 1. The summed E-state index contributed by atoms with van der Waals surface area (Å²) in [5.74, 6) is 0.403. The Bertz CT molecular complexity index is 391. The molecular weight excluding hydrogens is 182 g/mol. The van der Waals surface area contributed by atoms with Gasteiger partial charge in [0.25, 0.3) is 0 Å². The molecule has 0 aromatic heterocycles. The third-order valence-electron chi connectivity index (χ3n) is 1.90. The average molecular weight is 197 g/mol. The highest BCUT2D eigenvalue weighted by Crippen LogP contribution is 2.07. The van der Waals surface area contributed by atoms with Crippen LogP contribution in [-0.2, 0) is 0 Å². The second-order valence-corrected chi connectivity index (χ2v) is 3.72. The normalized spacial score (nSPS) is 12.0. The molecule has 0 unspecified atom stereocenters. The second kappa shape index (κ2) is 5.82. The lowest BCUT2D eigenvalue weighted by Gasteiger charge is -1.95. The number of allylic oxidation sites excluding steroid dienone is 3. The Kier molecular flexibility index (Phi) is 4.37. The van der Waals surface area contributed by atoms with Crippen LogP contribution >= 0.6 is 0 Å². The van der Waals surface area contributed by atoms with Crippen molar-refractivity contribution in [1.82, 2.24) is 0 Å². The Morgan fingerprint density at radius 1 is 1.27 bits per heavy atom. The fourth-order valence-electron chi connectivity index (χ4n) is 1.24. The van der Waals surface area contributed by atoms with Crippen molar-refractivity contribution in [1.29, 1.82) is 5.26 Å². The van der Waals surface area contributed by atoms with Gasteiger partial charge in [-0.25, -0.2) is 0 Å². The van der Waals surface area contributed by atoms with E-state index in [2.05, 4.69) is 19.9 Å². The summed E-state index contributed by atoms with van der Waals surface area (Å²) in [6, 6.07) is 12.2. The van der Waals surface area contributed by atoms with E-state index in [0.717, 1.165) is 5.56 Å². The number of benzene rings is 1. The third-order valence-corrected chi connectivity index (χ3v) is 1.90. The van der Waals surface area contributed by atoms with E-state index in [-0.39, 0.29) is 0 Å². The summed E-state index contributed by atoms with van der Waals surface area (Å²) in [7, 11) is 0. The molecule has 0 aliphatic rings. The van der Waals surface area contributed by atoms with Gasteiger partial charge in [-0.2, -0.15) is 5.26 Å². The molecule has 1 heteroatoms. The lowest BCUT2D eigenvalue weighted by molar-refractivity contribution is 0.828. The fourth-order valence-corrected chi connectivity index (χ4v) is 1.24. The van der Waals surface area contributed by atoms with Crippen molar-refractivity contribution in [3.05, 3.63) is 53.6 Å². The van der Waals surface area contributed by atoms with Crippen molar-refractivity contribution in [3.8, 4) is 6.07 Å². The van der Waals surface area contributed by atoms with E-state index >= 15 is 0 Å². The molecule has 0 N–H and O–H groups in total. The minimum Gasteiger partial charge on any atom is -0.192 e. The molecule has 0 saturated heterocycles. The van der Waals surface area contributed by atoms with Crippen LogP contribution in [0.4, 0.5) is 0 Å². The van der Waals surface area contributed by atoms with E-state index in [0.29, 0.717) is 11.5 Å². The van der Waals surface area contributed by atoms with Gasteiger partial charge in [-0.15, -0.1) is 0 Å². The Balaban J connectivity index is 2.77. The molecule has 15 heavy (non-hydrogen) atoms. The Labute approximate surface area is 91.4 Å². The molecule has 0 aliphatic heterocycles. The van der Waals surface area contributed by atoms with Crippen LogP contribution < -0.4 is 0 Å². The van der Waals surface area contributed by atoms with E-state index in [1.807, 2.05) is 48.6 Å². The molecule has 0 saturated carbocycles. The van der Waals surface area contributed by atoms with Crippen LogP contribution in [0.1, 0.15) is 19.4 Å². The van der Waals surface area contributed by atoms with Gasteiger partial charge in [0.2, 0.25) is 0 Å². The zero-order chi connectivity index (χ0) is 11.1. The van der Waals surface area contributed by atoms with Crippen LogP contribution in [-0.4, -0.2) is 0 Å². The summed E-state index contributed by atoms with van der Waals surface area (Å²) in [4.78, 5) is 0. The van der Waals surface area contributed by atoms with Gasteiger partial charge in [-0.05, 0) is 17.6 Å². The SMILES string of the molecule is CC(C)/C=C(C#N)/C=C/c1ccccc1. The van der Waals surface area contributed by atoms with Gasteiger partial charge >= 0.3 is 0 Å². The van der Waals surface area contributed by atoms with Crippen LogP contribution in [0, 0.1) is 17.2 Å². The molecule has 1 aromatic rings. The summed E-state index contributed by atoms with van der Waals surface area (Å²) >= 11 is 0. The van der Waals surface area contributed by atoms with E-state index < -0.39 is 0 Å². The quantitative estimate of drug-likeness (QED) is 0.534. The molecule has 0 radical (unpaired) electrons. The van der Waals surface area contributed by atoms with Gasteiger partial charge in [0.1, 0.15) is 0 Å². The van der Waals surface area contributed by atoms with Crippen molar-refractivity contribution in [2.24, 2.45) is 5.92 Å². The first-order valence-electron chi connectivity index (χ1n) is 5.07. The summed E-state index contributed by atoms with van der Waals surface area (Å²) in [5.41, 5.74) is 1.83. The van der Waals surface area contributed by atoms with Crippen LogP contribution in [0.2, 0.25) is 0 Å². The number of hydrogen-bond acceptors (Lipinski definition) is 1. The molecule has 0 amide bonds. The summed E-state index contributed by atoms with van der Waals surface area (Å²) in [6.07, 6.45) is 5.77. The molecule has 0 atom stereocenters. The Morgan fingerprint density at radius 3 is 2.47 bits per heavy atom. The topological polar surface area (TPSA) is 23.8 Å². The highest BCUT2D eigenvalue weighted by Gasteiger charge is 1.92.